The van der Waals surface area contributed by atoms with E-state index in [0.717, 1.165) is 30.6 Å². The Hall–Kier alpha value is -3.46. The summed E-state index contributed by atoms with van der Waals surface area (Å²) in [6.45, 7) is 3.44. The van der Waals surface area contributed by atoms with Gasteiger partial charge in [-0.1, -0.05) is 0 Å². The number of anilines is 2. The number of aromatic nitrogens is 4. The summed E-state index contributed by atoms with van der Waals surface area (Å²) in [6, 6.07) is 5.12. The van der Waals surface area contributed by atoms with E-state index in [1.807, 2.05) is 19.3 Å². The highest BCUT2D eigenvalue weighted by Crippen LogP contribution is 2.31. The van der Waals surface area contributed by atoms with Gasteiger partial charge in [-0.2, -0.15) is 5.10 Å². The van der Waals surface area contributed by atoms with Crippen LogP contribution >= 0.6 is 0 Å². The lowest BCUT2D eigenvalue weighted by atomic mass is 10.1. The number of fused-ring (bicyclic) bond motifs is 2. The second kappa shape index (κ2) is 6.81. The van der Waals surface area contributed by atoms with Gasteiger partial charge in [0.15, 0.2) is 11.5 Å². The van der Waals surface area contributed by atoms with Crippen molar-refractivity contribution in [1.29, 1.82) is 0 Å². The van der Waals surface area contributed by atoms with Crippen LogP contribution in [0.1, 0.15) is 22.5 Å². The number of hydrogen-bond acceptors (Lipinski definition) is 5. The van der Waals surface area contributed by atoms with E-state index >= 15 is 0 Å². The molecule has 1 amide bonds. The molecule has 4 heterocycles. The second-order valence-corrected chi connectivity index (χ2v) is 7.84. The summed E-state index contributed by atoms with van der Waals surface area (Å²) in [7, 11) is 1.83. The fraction of sp³-hybridized carbons (Fsp3) is 0.286. The fourth-order valence-electron chi connectivity index (χ4n) is 4.12. The van der Waals surface area contributed by atoms with Gasteiger partial charge in [-0.15, -0.1) is 0 Å². The number of benzene rings is 1. The molecule has 154 valence electrons. The Bertz CT molecular complexity index is 1290. The van der Waals surface area contributed by atoms with Crippen LogP contribution in [0.5, 0.6) is 0 Å². The Morgan fingerprint density at radius 2 is 2.13 bits per heavy atom. The molecule has 3 N–H and O–H groups in total. The van der Waals surface area contributed by atoms with Crippen molar-refractivity contribution in [2.45, 2.75) is 19.4 Å². The van der Waals surface area contributed by atoms with Crippen LogP contribution in [0.2, 0.25) is 0 Å². The fourth-order valence-corrected chi connectivity index (χ4v) is 4.12. The van der Waals surface area contributed by atoms with E-state index in [1.54, 1.807) is 34.5 Å². The molecule has 9 heteroatoms. The van der Waals surface area contributed by atoms with Crippen molar-refractivity contribution in [1.82, 2.24) is 19.2 Å². The lowest BCUT2D eigenvalue weighted by molar-refractivity contribution is 0.102. The number of rotatable bonds is 3. The number of carbonyl (C=O) groups excluding carboxylic acids is 1. The number of aryl methyl sites for hydroxylation is 2. The Kier molecular flexibility index (Phi) is 4.21. The first-order chi connectivity index (χ1) is 14.4. The number of halogens is 1. The molecule has 0 bridgehead atoms. The second-order valence-electron chi connectivity index (χ2n) is 7.84. The average molecular weight is 407 g/mol. The number of nitrogens with one attached hydrogen (secondary N) is 1. The van der Waals surface area contributed by atoms with E-state index in [-0.39, 0.29) is 17.6 Å². The molecule has 0 spiro atoms. The maximum absolute atomic E-state index is 14.4. The predicted octanol–water partition coefficient (Wildman–Crippen LogP) is 2.46. The number of imidazole rings is 1. The third-order valence-corrected chi connectivity index (χ3v) is 5.46. The van der Waals surface area contributed by atoms with Crippen LogP contribution in [0.4, 0.5) is 15.8 Å². The molecule has 1 aliphatic heterocycles. The summed E-state index contributed by atoms with van der Waals surface area (Å²) in [4.78, 5) is 19.4. The van der Waals surface area contributed by atoms with E-state index in [1.165, 1.54) is 6.07 Å². The van der Waals surface area contributed by atoms with Crippen molar-refractivity contribution in [3.05, 3.63) is 53.9 Å². The van der Waals surface area contributed by atoms with Crippen LogP contribution in [0.25, 0.3) is 16.6 Å². The SMILES string of the molecule is Cc1cn2cc(NC(=O)c3ccc(N4CC[C@H](N)C4)c4cn(C)nc34)cc(F)c2n1. The normalized spacial score (nSPS) is 16.7. The number of carbonyl (C=O) groups is 1. The van der Waals surface area contributed by atoms with Crippen LogP contribution < -0.4 is 16.0 Å². The van der Waals surface area contributed by atoms with Crippen molar-refractivity contribution in [3.63, 3.8) is 0 Å². The topological polar surface area (TPSA) is 93.5 Å². The molecule has 1 fully saturated rings. The molecule has 1 saturated heterocycles. The lowest BCUT2D eigenvalue weighted by Gasteiger charge is -2.19. The van der Waals surface area contributed by atoms with E-state index < -0.39 is 5.82 Å². The summed E-state index contributed by atoms with van der Waals surface area (Å²) < 4.78 is 17.6. The van der Waals surface area contributed by atoms with Gasteiger partial charge in [0.05, 0.1) is 16.9 Å². The summed E-state index contributed by atoms with van der Waals surface area (Å²) in [5.74, 6) is -0.844. The van der Waals surface area contributed by atoms with Crippen molar-refractivity contribution in [2.24, 2.45) is 12.8 Å². The van der Waals surface area contributed by atoms with Gasteiger partial charge < -0.3 is 20.4 Å². The average Bonchev–Trinajstić information content (AvgIpc) is 3.38. The van der Waals surface area contributed by atoms with Crippen LogP contribution in [0.15, 0.2) is 36.8 Å². The molecule has 8 nitrogen and oxygen atoms in total. The number of hydrogen-bond donors (Lipinski definition) is 2. The number of nitrogens with two attached hydrogens (primary N) is 1. The Morgan fingerprint density at radius 3 is 2.90 bits per heavy atom. The van der Waals surface area contributed by atoms with Gasteiger partial charge in [-0.3, -0.25) is 9.48 Å². The minimum absolute atomic E-state index is 0.149. The molecule has 30 heavy (non-hydrogen) atoms. The third kappa shape index (κ3) is 3.07. The predicted molar refractivity (Wildman–Crippen MR) is 113 cm³/mol. The molecule has 0 radical (unpaired) electrons. The standard InChI is InChI=1S/C21H22FN7O/c1-12-8-29-10-14(7-17(22)20(29)24-12)25-21(30)15-3-4-18(28-6-5-13(23)9-28)16-11-27(2)26-19(15)16/h3-4,7-8,10-11,13H,5-6,9,23H2,1-2H3,(H,25,30)/t13-/m0/s1. The lowest BCUT2D eigenvalue weighted by Crippen LogP contribution is -2.26. The highest BCUT2D eigenvalue weighted by atomic mass is 19.1. The Morgan fingerprint density at radius 1 is 1.30 bits per heavy atom. The minimum atomic E-state index is -0.496. The van der Waals surface area contributed by atoms with E-state index in [2.05, 4.69) is 20.3 Å². The molecule has 0 saturated carbocycles. The molecule has 3 aromatic heterocycles. The van der Waals surface area contributed by atoms with Gasteiger partial charge in [0.2, 0.25) is 0 Å². The number of nitrogens with zero attached hydrogens (tertiary/aromatic N) is 5. The molecule has 0 aliphatic carbocycles. The quantitative estimate of drug-likeness (QED) is 0.544. The summed E-state index contributed by atoms with van der Waals surface area (Å²) in [6.07, 6.45) is 6.20. The van der Waals surface area contributed by atoms with Crippen molar-refractivity contribution in [2.75, 3.05) is 23.3 Å². The monoisotopic (exact) mass is 407 g/mol. The first-order valence-electron chi connectivity index (χ1n) is 9.82. The van der Waals surface area contributed by atoms with Crippen LogP contribution in [0.3, 0.4) is 0 Å². The van der Waals surface area contributed by atoms with Gasteiger partial charge in [-0.05, 0) is 25.5 Å². The molecule has 1 atom stereocenters. The molecular weight excluding hydrogens is 385 g/mol. The highest BCUT2D eigenvalue weighted by molar-refractivity contribution is 6.13. The zero-order chi connectivity index (χ0) is 21.0. The molecule has 0 unspecified atom stereocenters. The molecule has 4 aromatic rings. The van der Waals surface area contributed by atoms with Gasteiger partial charge >= 0.3 is 0 Å². The van der Waals surface area contributed by atoms with Crippen LogP contribution in [-0.2, 0) is 7.05 Å². The van der Waals surface area contributed by atoms with Crippen molar-refractivity contribution in [3.8, 4) is 0 Å². The van der Waals surface area contributed by atoms with Crippen LogP contribution in [-0.4, -0.2) is 44.2 Å². The summed E-state index contributed by atoms with van der Waals surface area (Å²) in [5.41, 5.74) is 9.39. The summed E-state index contributed by atoms with van der Waals surface area (Å²) in [5, 5.41) is 8.19. The molecular formula is C21H22FN7O. The minimum Gasteiger partial charge on any atom is -0.369 e. The smallest absolute Gasteiger partial charge is 0.257 e. The van der Waals surface area contributed by atoms with Crippen molar-refractivity contribution >= 4 is 33.8 Å². The first kappa shape index (κ1) is 18.6. The third-order valence-electron chi connectivity index (χ3n) is 5.46. The Labute approximate surface area is 172 Å². The van der Waals surface area contributed by atoms with Crippen molar-refractivity contribution < 1.29 is 9.18 Å². The summed E-state index contributed by atoms with van der Waals surface area (Å²) >= 11 is 0. The zero-order valence-corrected chi connectivity index (χ0v) is 16.8. The molecule has 1 aromatic carbocycles. The maximum Gasteiger partial charge on any atom is 0.257 e. The largest absolute Gasteiger partial charge is 0.369 e. The van der Waals surface area contributed by atoms with E-state index in [4.69, 9.17) is 5.73 Å². The van der Waals surface area contributed by atoms with Gasteiger partial charge in [0, 0.05) is 61.9 Å². The molecule has 5 rings (SSSR count). The van der Waals surface area contributed by atoms with E-state index in [9.17, 15) is 9.18 Å². The van der Waals surface area contributed by atoms with Crippen LogP contribution in [0, 0.1) is 12.7 Å². The maximum atomic E-state index is 14.4. The van der Waals surface area contributed by atoms with Gasteiger partial charge in [0.25, 0.3) is 5.91 Å². The number of amides is 1. The van der Waals surface area contributed by atoms with E-state index in [0.29, 0.717) is 22.5 Å². The highest BCUT2D eigenvalue weighted by Gasteiger charge is 2.24. The Balaban J connectivity index is 1.51. The first-order valence-corrected chi connectivity index (χ1v) is 9.82. The van der Waals surface area contributed by atoms with Gasteiger partial charge in [-0.25, -0.2) is 9.37 Å². The zero-order valence-electron chi connectivity index (χ0n) is 16.8. The number of pyridine rings is 1. The molecule has 1 aliphatic rings. The van der Waals surface area contributed by atoms with Gasteiger partial charge in [0.1, 0.15) is 5.52 Å².